The number of ether oxygens (including phenoxy) is 2. The first-order valence-corrected chi connectivity index (χ1v) is 10.3. The van der Waals surface area contributed by atoms with Gasteiger partial charge in [0.15, 0.2) is 11.5 Å². The molecule has 148 valence electrons. The van der Waals surface area contributed by atoms with Gasteiger partial charge in [0, 0.05) is 31.1 Å². The summed E-state index contributed by atoms with van der Waals surface area (Å²) in [5.74, 6) is 1.95. The second-order valence-corrected chi connectivity index (χ2v) is 8.25. The van der Waals surface area contributed by atoms with Crippen molar-refractivity contribution >= 4 is 0 Å². The van der Waals surface area contributed by atoms with Gasteiger partial charge in [-0.3, -0.25) is 4.90 Å². The van der Waals surface area contributed by atoms with Gasteiger partial charge in [-0.25, -0.2) is 4.39 Å². The van der Waals surface area contributed by atoms with E-state index in [0.717, 1.165) is 31.1 Å². The van der Waals surface area contributed by atoms with Crippen molar-refractivity contribution in [2.24, 2.45) is 0 Å². The van der Waals surface area contributed by atoms with Gasteiger partial charge in [0.05, 0.1) is 0 Å². The van der Waals surface area contributed by atoms with Crippen LogP contribution in [-0.2, 0) is 6.54 Å². The summed E-state index contributed by atoms with van der Waals surface area (Å²) in [6.45, 7) is 4.27. The van der Waals surface area contributed by atoms with Crippen molar-refractivity contribution in [2.45, 2.75) is 37.4 Å². The van der Waals surface area contributed by atoms with E-state index in [-0.39, 0.29) is 5.82 Å². The molecule has 0 aliphatic carbocycles. The Bertz CT molecular complexity index is 841. The lowest BCUT2D eigenvalue weighted by molar-refractivity contribution is 0.109. The van der Waals surface area contributed by atoms with Crippen molar-refractivity contribution in [3.05, 3.63) is 59.4 Å². The molecule has 0 aromatic heterocycles. The summed E-state index contributed by atoms with van der Waals surface area (Å²) in [7, 11) is 2.24. The number of nitrogens with zero attached hydrogens (tertiary/aromatic N) is 2. The molecule has 2 aromatic rings. The molecular formula is C23H27FN2O2. The van der Waals surface area contributed by atoms with Crippen LogP contribution in [0.25, 0.3) is 0 Å². The molecule has 0 saturated carbocycles. The maximum atomic E-state index is 13.4. The van der Waals surface area contributed by atoms with Gasteiger partial charge in [0.1, 0.15) is 19.0 Å². The van der Waals surface area contributed by atoms with Crippen LogP contribution in [-0.4, -0.2) is 55.2 Å². The number of hydrogen-bond acceptors (Lipinski definition) is 4. The molecular weight excluding hydrogens is 355 g/mol. The van der Waals surface area contributed by atoms with Gasteiger partial charge in [0.2, 0.25) is 0 Å². The van der Waals surface area contributed by atoms with Gasteiger partial charge in [-0.05, 0) is 61.8 Å². The van der Waals surface area contributed by atoms with Gasteiger partial charge in [-0.1, -0.05) is 18.2 Å². The zero-order valence-corrected chi connectivity index (χ0v) is 16.3. The lowest BCUT2D eigenvalue weighted by Crippen LogP contribution is -2.48. The number of likely N-dealkylation sites (N-methyl/N-ethyl adjacent to an activating group) is 1. The van der Waals surface area contributed by atoms with Crippen LogP contribution in [0.1, 0.15) is 29.9 Å². The number of hydrogen-bond donors (Lipinski definition) is 0. The highest BCUT2D eigenvalue weighted by Crippen LogP contribution is 2.41. The molecule has 2 fully saturated rings. The first kappa shape index (κ1) is 18.0. The van der Waals surface area contributed by atoms with E-state index < -0.39 is 0 Å². The molecule has 28 heavy (non-hydrogen) atoms. The Balaban J connectivity index is 1.40. The summed E-state index contributed by atoms with van der Waals surface area (Å²) in [6, 6.07) is 14.4. The summed E-state index contributed by atoms with van der Waals surface area (Å²) < 4.78 is 24.9. The van der Waals surface area contributed by atoms with Crippen LogP contribution < -0.4 is 9.47 Å². The van der Waals surface area contributed by atoms with E-state index in [1.165, 1.54) is 24.0 Å². The number of likely N-dealkylation sites (tertiary alicyclic amines) is 2. The van der Waals surface area contributed by atoms with Gasteiger partial charge < -0.3 is 14.4 Å². The quantitative estimate of drug-likeness (QED) is 0.809. The average Bonchev–Trinajstić information content (AvgIpc) is 3.08. The molecule has 2 aromatic carbocycles. The molecule has 3 aliphatic rings. The third-order valence-electron chi connectivity index (χ3n) is 6.52. The van der Waals surface area contributed by atoms with E-state index in [0.29, 0.717) is 31.2 Å². The Kier molecular flexibility index (Phi) is 4.73. The molecule has 5 heteroatoms. The van der Waals surface area contributed by atoms with Crippen LogP contribution >= 0.6 is 0 Å². The van der Waals surface area contributed by atoms with E-state index in [2.05, 4.69) is 29.0 Å². The highest BCUT2D eigenvalue weighted by Gasteiger charge is 2.45. The summed E-state index contributed by atoms with van der Waals surface area (Å²) in [5, 5.41) is 0. The predicted octanol–water partition coefficient (Wildman–Crippen LogP) is 3.66. The summed E-state index contributed by atoms with van der Waals surface area (Å²) in [4.78, 5) is 5.12. The smallest absolute Gasteiger partial charge is 0.161 e. The third-order valence-corrected chi connectivity index (χ3v) is 6.52. The van der Waals surface area contributed by atoms with Crippen LogP contribution in [0.4, 0.5) is 4.39 Å². The lowest BCUT2D eigenvalue weighted by Gasteiger charge is -2.39. The lowest BCUT2D eigenvalue weighted by atomic mass is 9.86. The highest BCUT2D eigenvalue weighted by atomic mass is 19.1. The Labute approximate surface area is 165 Å². The minimum atomic E-state index is -0.163. The van der Waals surface area contributed by atoms with Crippen molar-refractivity contribution in [3.8, 4) is 11.5 Å². The molecule has 4 nitrogen and oxygen atoms in total. The first-order chi connectivity index (χ1) is 13.7. The predicted molar refractivity (Wildman–Crippen MR) is 106 cm³/mol. The zero-order valence-electron chi connectivity index (χ0n) is 16.3. The molecule has 0 amide bonds. The molecule has 5 rings (SSSR count). The summed E-state index contributed by atoms with van der Waals surface area (Å²) in [6.07, 6.45) is 2.45. The average molecular weight is 382 g/mol. The van der Waals surface area contributed by atoms with E-state index in [4.69, 9.17) is 9.47 Å². The van der Waals surface area contributed by atoms with Crippen molar-refractivity contribution in [1.82, 2.24) is 9.80 Å². The highest BCUT2D eigenvalue weighted by molar-refractivity contribution is 5.44. The number of benzene rings is 2. The first-order valence-electron chi connectivity index (χ1n) is 10.3. The van der Waals surface area contributed by atoms with E-state index >= 15 is 0 Å². The standard InChI is InChI=1S/C23H27FN2O2/c1-25-10-2-3-20-23(25)19(17-5-7-18(24)8-6-17)15-26(20)14-16-4-9-21-22(13-16)28-12-11-27-21/h4-9,13,19-20,23H,2-3,10-12,14-15H2,1H3/t19-,20-,23-/m1/s1. The Morgan fingerprint density at radius 2 is 1.82 bits per heavy atom. The normalized spacial score (nSPS) is 27.6. The van der Waals surface area contributed by atoms with Gasteiger partial charge in [0.25, 0.3) is 0 Å². The zero-order chi connectivity index (χ0) is 19.1. The molecule has 3 heterocycles. The van der Waals surface area contributed by atoms with Crippen LogP contribution in [0, 0.1) is 5.82 Å². The largest absolute Gasteiger partial charge is 0.486 e. The maximum Gasteiger partial charge on any atom is 0.161 e. The van der Waals surface area contributed by atoms with Crippen molar-refractivity contribution in [1.29, 1.82) is 0 Å². The number of rotatable bonds is 3. The maximum absolute atomic E-state index is 13.4. The van der Waals surface area contributed by atoms with Gasteiger partial charge >= 0.3 is 0 Å². The summed E-state index contributed by atoms with van der Waals surface area (Å²) in [5.41, 5.74) is 2.51. The van der Waals surface area contributed by atoms with E-state index in [1.807, 2.05) is 18.2 Å². The van der Waals surface area contributed by atoms with Crippen LogP contribution in [0.5, 0.6) is 11.5 Å². The SMILES string of the molecule is CN1CCC[C@@H]2[C@H]1[C@@H](c1ccc(F)cc1)CN2Cc1ccc2c(c1)OCCO2. The topological polar surface area (TPSA) is 24.9 Å². The molecule has 0 bridgehead atoms. The van der Waals surface area contributed by atoms with Crippen LogP contribution in [0.2, 0.25) is 0 Å². The number of halogens is 1. The monoisotopic (exact) mass is 382 g/mol. The number of piperidine rings is 1. The molecule has 0 unspecified atom stereocenters. The third kappa shape index (κ3) is 3.27. The Morgan fingerprint density at radius 1 is 1.04 bits per heavy atom. The minimum Gasteiger partial charge on any atom is -0.486 e. The molecule has 0 spiro atoms. The molecule has 0 radical (unpaired) electrons. The second-order valence-electron chi connectivity index (χ2n) is 8.25. The van der Waals surface area contributed by atoms with E-state index in [1.54, 1.807) is 12.1 Å². The molecule has 0 N–H and O–H groups in total. The van der Waals surface area contributed by atoms with Crippen molar-refractivity contribution in [2.75, 3.05) is 33.4 Å². The van der Waals surface area contributed by atoms with Crippen LogP contribution in [0.15, 0.2) is 42.5 Å². The molecule has 3 aliphatic heterocycles. The fourth-order valence-corrected chi connectivity index (χ4v) is 5.25. The molecule has 2 saturated heterocycles. The van der Waals surface area contributed by atoms with Crippen molar-refractivity contribution < 1.29 is 13.9 Å². The Morgan fingerprint density at radius 3 is 2.64 bits per heavy atom. The van der Waals surface area contributed by atoms with Crippen LogP contribution in [0.3, 0.4) is 0 Å². The fraction of sp³-hybridized carbons (Fsp3) is 0.478. The Hall–Kier alpha value is -2.11. The minimum absolute atomic E-state index is 0.163. The van der Waals surface area contributed by atoms with Crippen molar-refractivity contribution in [3.63, 3.8) is 0 Å². The fourth-order valence-electron chi connectivity index (χ4n) is 5.25. The second kappa shape index (κ2) is 7.37. The number of fused-ring (bicyclic) bond motifs is 2. The molecule has 3 atom stereocenters. The van der Waals surface area contributed by atoms with Gasteiger partial charge in [-0.15, -0.1) is 0 Å². The summed E-state index contributed by atoms with van der Waals surface area (Å²) >= 11 is 0. The van der Waals surface area contributed by atoms with Gasteiger partial charge in [-0.2, -0.15) is 0 Å². The van der Waals surface area contributed by atoms with E-state index in [9.17, 15) is 4.39 Å².